The molecule has 0 bridgehead atoms. The van der Waals surface area contributed by atoms with Gasteiger partial charge in [-0.1, -0.05) is 13.8 Å². The van der Waals surface area contributed by atoms with Gasteiger partial charge in [0.2, 0.25) is 0 Å². The molecular formula is C10H15N5. The number of rotatable bonds is 3. The summed E-state index contributed by atoms with van der Waals surface area (Å²) in [5.74, 6) is 1.39. The van der Waals surface area contributed by atoms with Crippen LogP contribution < -0.4 is 5.32 Å². The van der Waals surface area contributed by atoms with E-state index in [1.807, 2.05) is 17.9 Å². The maximum Gasteiger partial charge on any atom is 0.163 e. The van der Waals surface area contributed by atoms with Crippen LogP contribution in [0.3, 0.4) is 0 Å². The van der Waals surface area contributed by atoms with E-state index in [9.17, 15) is 0 Å². The minimum atomic E-state index is 0.557. The Morgan fingerprint density at radius 2 is 2.20 bits per heavy atom. The highest BCUT2D eigenvalue weighted by Gasteiger charge is 2.08. The topological polar surface area (TPSA) is 55.6 Å². The summed E-state index contributed by atoms with van der Waals surface area (Å²) in [6.07, 6.45) is 3.37. The summed E-state index contributed by atoms with van der Waals surface area (Å²) in [5.41, 5.74) is 0.892. The van der Waals surface area contributed by atoms with E-state index in [1.165, 1.54) is 0 Å². The van der Waals surface area contributed by atoms with Crippen molar-refractivity contribution in [3.63, 3.8) is 0 Å². The monoisotopic (exact) mass is 205 g/mol. The Labute approximate surface area is 88.5 Å². The first kappa shape index (κ1) is 9.89. The minimum absolute atomic E-state index is 0.557. The van der Waals surface area contributed by atoms with E-state index in [0.29, 0.717) is 5.92 Å². The second-order valence-corrected chi connectivity index (χ2v) is 3.93. The number of fused-ring (bicyclic) bond motifs is 1. The normalized spacial score (nSPS) is 11.2. The van der Waals surface area contributed by atoms with Crippen molar-refractivity contribution < 1.29 is 0 Å². The van der Waals surface area contributed by atoms with Gasteiger partial charge in [0, 0.05) is 13.6 Å². The summed E-state index contributed by atoms with van der Waals surface area (Å²) < 4.78 is 1.92. The molecule has 0 aromatic carbocycles. The maximum atomic E-state index is 4.32. The molecule has 2 rings (SSSR count). The molecule has 80 valence electrons. The fourth-order valence-corrected chi connectivity index (χ4v) is 1.57. The van der Waals surface area contributed by atoms with Crippen molar-refractivity contribution in [2.45, 2.75) is 20.4 Å². The number of anilines is 1. The van der Waals surface area contributed by atoms with Gasteiger partial charge in [0.1, 0.15) is 12.1 Å². The fraction of sp³-hybridized carbons (Fsp3) is 0.500. The molecule has 2 heterocycles. The van der Waals surface area contributed by atoms with Crippen molar-refractivity contribution in [2.24, 2.45) is 5.92 Å². The predicted octanol–water partition coefficient (Wildman–Crippen LogP) is 1.52. The largest absolute Gasteiger partial charge is 0.372 e. The van der Waals surface area contributed by atoms with Crippen LogP contribution in [0.4, 0.5) is 5.82 Å². The second-order valence-electron chi connectivity index (χ2n) is 3.93. The molecular weight excluding hydrogens is 190 g/mol. The molecule has 0 saturated carbocycles. The van der Waals surface area contributed by atoms with E-state index in [2.05, 4.69) is 34.2 Å². The molecule has 0 aliphatic heterocycles. The molecule has 5 nitrogen and oxygen atoms in total. The summed E-state index contributed by atoms with van der Waals surface area (Å²) >= 11 is 0. The van der Waals surface area contributed by atoms with Gasteiger partial charge in [0.15, 0.2) is 5.65 Å². The Hall–Kier alpha value is -1.65. The molecule has 0 spiro atoms. The van der Waals surface area contributed by atoms with Crippen LogP contribution in [-0.4, -0.2) is 26.8 Å². The summed E-state index contributed by atoms with van der Waals surface area (Å²) in [7, 11) is 1.85. The van der Waals surface area contributed by atoms with Gasteiger partial charge >= 0.3 is 0 Å². The van der Waals surface area contributed by atoms with Crippen LogP contribution in [0.25, 0.3) is 11.0 Å². The molecule has 0 unspecified atom stereocenters. The predicted molar refractivity (Wildman–Crippen MR) is 59.7 cm³/mol. The van der Waals surface area contributed by atoms with E-state index in [0.717, 1.165) is 23.4 Å². The van der Waals surface area contributed by atoms with Gasteiger partial charge in [-0.15, -0.1) is 0 Å². The highest BCUT2D eigenvalue weighted by atomic mass is 15.3. The second kappa shape index (κ2) is 3.84. The first-order valence-corrected chi connectivity index (χ1v) is 5.06. The molecule has 2 aromatic rings. The van der Waals surface area contributed by atoms with Gasteiger partial charge in [-0.25, -0.2) is 14.6 Å². The molecule has 15 heavy (non-hydrogen) atoms. The van der Waals surface area contributed by atoms with E-state index in [1.54, 1.807) is 6.33 Å². The lowest BCUT2D eigenvalue weighted by atomic mass is 10.2. The number of nitrogens with zero attached hydrogens (tertiary/aromatic N) is 4. The number of hydrogen-bond acceptors (Lipinski definition) is 4. The van der Waals surface area contributed by atoms with Crippen molar-refractivity contribution in [3.8, 4) is 0 Å². The van der Waals surface area contributed by atoms with Gasteiger partial charge in [-0.2, -0.15) is 5.10 Å². The highest BCUT2D eigenvalue weighted by Crippen LogP contribution is 2.18. The van der Waals surface area contributed by atoms with E-state index >= 15 is 0 Å². The Kier molecular flexibility index (Phi) is 2.53. The van der Waals surface area contributed by atoms with Crippen LogP contribution in [-0.2, 0) is 6.54 Å². The van der Waals surface area contributed by atoms with Crippen LogP contribution in [0.5, 0.6) is 0 Å². The Morgan fingerprint density at radius 3 is 2.87 bits per heavy atom. The third-order valence-corrected chi connectivity index (χ3v) is 2.21. The van der Waals surface area contributed by atoms with Gasteiger partial charge in [-0.3, -0.25) is 0 Å². The highest BCUT2D eigenvalue weighted by molar-refractivity contribution is 5.85. The summed E-state index contributed by atoms with van der Waals surface area (Å²) in [5, 5.41) is 8.32. The summed E-state index contributed by atoms with van der Waals surface area (Å²) in [6.45, 7) is 5.20. The standard InChI is InChI=1S/C10H15N5/c1-7(2)5-15-10-8(4-14-15)9(11-3)12-6-13-10/h4,6-7H,5H2,1-3H3,(H,11,12,13). The molecule has 0 radical (unpaired) electrons. The average molecular weight is 205 g/mol. The van der Waals surface area contributed by atoms with Crippen molar-refractivity contribution in [1.82, 2.24) is 19.7 Å². The lowest BCUT2D eigenvalue weighted by Crippen LogP contribution is -2.06. The third-order valence-electron chi connectivity index (χ3n) is 2.21. The number of aromatic nitrogens is 4. The molecule has 0 aliphatic rings. The Bertz CT molecular complexity index is 460. The lowest BCUT2D eigenvalue weighted by molar-refractivity contribution is 0.492. The van der Waals surface area contributed by atoms with Crippen LogP contribution in [0, 0.1) is 5.92 Å². The van der Waals surface area contributed by atoms with Gasteiger partial charge in [0.25, 0.3) is 0 Å². The average Bonchev–Trinajstić information content (AvgIpc) is 2.61. The van der Waals surface area contributed by atoms with Crippen LogP contribution in [0.15, 0.2) is 12.5 Å². The van der Waals surface area contributed by atoms with E-state index in [4.69, 9.17) is 0 Å². The molecule has 0 saturated heterocycles. The van der Waals surface area contributed by atoms with Gasteiger partial charge in [0.05, 0.1) is 11.6 Å². The first-order chi connectivity index (χ1) is 7.22. The minimum Gasteiger partial charge on any atom is -0.372 e. The molecule has 0 fully saturated rings. The zero-order valence-corrected chi connectivity index (χ0v) is 9.23. The molecule has 0 atom stereocenters. The Balaban J connectivity index is 2.51. The molecule has 0 aliphatic carbocycles. The SMILES string of the molecule is CNc1ncnc2c1cnn2CC(C)C. The molecule has 0 amide bonds. The van der Waals surface area contributed by atoms with E-state index < -0.39 is 0 Å². The van der Waals surface area contributed by atoms with Gasteiger partial charge in [-0.05, 0) is 5.92 Å². The van der Waals surface area contributed by atoms with Crippen LogP contribution >= 0.6 is 0 Å². The fourth-order valence-electron chi connectivity index (χ4n) is 1.57. The Morgan fingerprint density at radius 1 is 1.40 bits per heavy atom. The molecule has 1 N–H and O–H groups in total. The third kappa shape index (κ3) is 1.77. The quantitative estimate of drug-likeness (QED) is 0.825. The molecule has 2 aromatic heterocycles. The first-order valence-electron chi connectivity index (χ1n) is 5.06. The molecule has 5 heteroatoms. The lowest BCUT2D eigenvalue weighted by Gasteiger charge is -2.05. The van der Waals surface area contributed by atoms with Crippen molar-refractivity contribution >= 4 is 16.9 Å². The smallest absolute Gasteiger partial charge is 0.163 e. The van der Waals surface area contributed by atoms with Gasteiger partial charge < -0.3 is 5.32 Å². The number of hydrogen-bond donors (Lipinski definition) is 1. The van der Waals surface area contributed by atoms with E-state index in [-0.39, 0.29) is 0 Å². The van der Waals surface area contributed by atoms with Crippen molar-refractivity contribution in [1.29, 1.82) is 0 Å². The van der Waals surface area contributed by atoms with Crippen LogP contribution in [0.1, 0.15) is 13.8 Å². The summed E-state index contributed by atoms with van der Waals surface area (Å²) in [6, 6.07) is 0. The maximum absolute atomic E-state index is 4.32. The van der Waals surface area contributed by atoms with Crippen molar-refractivity contribution in [2.75, 3.05) is 12.4 Å². The van der Waals surface area contributed by atoms with Crippen molar-refractivity contribution in [3.05, 3.63) is 12.5 Å². The summed E-state index contributed by atoms with van der Waals surface area (Å²) in [4.78, 5) is 8.39. The van der Waals surface area contributed by atoms with Crippen LogP contribution in [0.2, 0.25) is 0 Å². The number of nitrogens with one attached hydrogen (secondary N) is 1. The zero-order valence-electron chi connectivity index (χ0n) is 9.23. The zero-order chi connectivity index (χ0) is 10.8.